The lowest BCUT2D eigenvalue weighted by atomic mass is 10.0. The molecule has 10 heteroatoms. The highest BCUT2D eigenvalue weighted by Gasteiger charge is 2.38. The van der Waals surface area contributed by atoms with Gasteiger partial charge in [0.1, 0.15) is 17.1 Å². The second-order valence-corrected chi connectivity index (χ2v) is 9.41. The Bertz CT molecular complexity index is 1150. The zero-order chi connectivity index (χ0) is 23.5. The number of thiophene rings is 1. The molecular weight excluding hydrogens is 456 g/mol. The summed E-state index contributed by atoms with van der Waals surface area (Å²) in [7, 11) is 1.63. The number of unbranched alkanes of at least 4 members (excludes halogenated alkanes) is 1. The van der Waals surface area contributed by atoms with Crippen LogP contribution in [0.25, 0.3) is 11.0 Å². The van der Waals surface area contributed by atoms with E-state index in [1.807, 2.05) is 35.7 Å². The summed E-state index contributed by atoms with van der Waals surface area (Å²) in [5.74, 6) is 1.16. The molecule has 1 atom stereocenters. The molecule has 0 amide bonds. The number of guanidine groups is 1. The molecule has 1 aromatic carbocycles. The molecule has 1 saturated heterocycles. The minimum Gasteiger partial charge on any atom is -0.495 e. The smallest absolute Gasteiger partial charge is 0.495 e. The van der Waals surface area contributed by atoms with Gasteiger partial charge in [-0.3, -0.25) is 4.84 Å². The van der Waals surface area contributed by atoms with Crippen LogP contribution in [0.15, 0.2) is 45.3 Å². The van der Waals surface area contributed by atoms with Crippen molar-refractivity contribution in [2.24, 2.45) is 10.9 Å². The Hall–Kier alpha value is -3.24. The van der Waals surface area contributed by atoms with Crippen LogP contribution in [-0.2, 0) is 16.1 Å². The average Bonchev–Trinajstić information content (AvgIpc) is 3.59. The number of nitrogens with zero attached hydrogens (tertiary/aromatic N) is 3. The predicted molar refractivity (Wildman–Crippen MR) is 129 cm³/mol. The first-order chi connectivity index (χ1) is 16.6. The number of fused-ring (bicyclic) bond motifs is 1. The molecule has 2 aliphatic heterocycles. The number of furan rings is 1. The molecule has 3 aromatic rings. The van der Waals surface area contributed by atoms with E-state index in [0.717, 1.165) is 47.2 Å². The SMILES string of the molecule is COc1csc(CCCCN2CCCC2)c1C(c1cc2ccccc2o1)N1OC(=O)ON=C1N. The van der Waals surface area contributed by atoms with Crippen molar-refractivity contribution in [3.05, 3.63) is 51.9 Å². The fraction of sp³-hybridized carbons (Fsp3) is 0.417. The fourth-order valence-corrected chi connectivity index (χ4v) is 5.69. The first-order valence-corrected chi connectivity index (χ1v) is 12.4. The van der Waals surface area contributed by atoms with Crippen LogP contribution < -0.4 is 10.5 Å². The first-order valence-electron chi connectivity index (χ1n) is 11.5. The summed E-state index contributed by atoms with van der Waals surface area (Å²) in [6.45, 7) is 3.52. The number of hydroxylamine groups is 2. The van der Waals surface area contributed by atoms with Gasteiger partial charge in [0, 0.05) is 21.2 Å². The van der Waals surface area contributed by atoms with Gasteiger partial charge in [-0.05, 0) is 69.0 Å². The highest BCUT2D eigenvalue weighted by atomic mass is 32.1. The number of carbonyl (C=O) groups excluding carboxylic acids is 1. The van der Waals surface area contributed by atoms with E-state index in [9.17, 15) is 4.79 Å². The molecule has 2 aromatic heterocycles. The maximum atomic E-state index is 12.0. The van der Waals surface area contributed by atoms with Gasteiger partial charge in [-0.2, -0.15) is 9.86 Å². The molecule has 34 heavy (non-hydrogen) atoms. The van der Waals surface area contributed by atoms with E-state index in [1.54, 1.807) is 18.4 Å². The molecular formula is C24H28N4O5S. The van der Waals surface area contributed by atoms with Crippen LogP contribution >= 0.6 is 11.3 Å². The van der Waals surface area contributed by atoms with Crippen LogP contribution in [0.3, 0.4) is 0 Å². The van der Waals surface area contributed by atoms with Crippen molar-refractivity contribution in [1.29, 1.82) is 0 Å². The molecule has 1 unspecified atom stereocenters. The van der Waals surface area contributed by atoms with Crippen molar-refractivity contribution in [2.45, 2.75) is 38.1 Å². The molecule has 5 rings (SSSR count). The van der Waals surface area contributed by atoms with Crippen molar-refractivity contribution < 1.29 is 23.6 Å². The van der Waals surface area contributed by atoms with Crippen LogP contribution in [0.5, 0.6) is 5.75 Å². The Morgan fingerprint density at radius 2 is 2.06 bits per heavy atom. The van der Waals surface area contributed by atoms with Gasteiger partial charge in [0.05, 0.1) is 7.11 Å². The van der Waals surface area contributed by atoms with Crippen LogP contribution in [0.2, 0.25) is 0 Å². The number of hydrogen-bond acceptors (Lipinski definition) is 10. The molecule has 180 valence electrons. The molecule has 4 heterocycles. The Morgan fingerprint density at radius 1 is 1.24 bits per heavy atom. The summed E-state index contributed by atoms with van der Waals surface area (Å²) in [4.78, 5) is 25.6. The van der Waals surface area contributed by atoms with E-state index in [1.165, 1.54) is 31.0 Å². The number of methoxy groups -OCH3 is 1. The highest BCUT2D eigenvalue weighted by Crippen LogP contribution is 2.43. The number of oxime groups is 1. The van der Waals surface area contributed by atoms with Crippen LogP contribution in [-0.4, -0.2) is 48.8 Å². The second-order valence-electron chi connectivity index (χ2n) is 8.44. The highest BCUT2D eigenvalue weighted by molar-refractivity contribution is 7.10. The van der Waals surface area contributed by atoms with Crippen molar-refractivity contribution in [3.8, 4) is 5.75 Å². The number of carbonyl (C=O) groups is 1. The van der Waals surface area contributed by atoms with Gasteiger partial charge < -0.3 is 24.6 Å². The van der Waals surface area contributed by atoms with E-state index in [2.05, 4.69) is 14.9 Å². The van der Waals surface area contributed by atoms with Gasteiger partial charge in [0.25, 0.3) is 5.96 Å². The van der Waals surface area contributed by atoms with Crippen LogP contribution in [0, 0.1) is 0 Å². The molecule has 2 N–H and O–H groups in total. The maximum Gasteiger partial charge on any atom is 0.560 e. The first kappa shape index (κ1) is 22.5. The molecule has 0 spiro atoms. The van der Waals surface area contributed by atoms with Crippen molar-refractivity contribution in [3.63, 3.8) is 0 Å². The van der Waals surface area contributed by atoms with Crippen molar-refractivity contribution in [1.82, 2.24) is 9.96 Å². The zero-order valence-electron chi connectivity index (χ0n) is 19.1. The zero-order valence-corrected chi connectivity index (χ0v) is 19.9. The number of likely N-dealkylation sites (tertiary alicyclic amines) is 1. The van der Waals surface area contributed by atoms with Crippen LogP contribution in [0.4, 0.5) is 4.79 Å². The molecule has 0 bridgehead atoms. The molecule has 0 radical (unpaired) electrons. The van der Waals surface area contributed by atoms with Gasteiger partial charge in [0.15, 0.2) is 6.04 Å². The molecule has 0 aliphatic carbocycles. The molecule has 1 fully saturated rings. The minimum absolute atomic E-state index is 0.0849. The third-order valence-electron chi connectivity index (χ3n) is 6.26. The number of benzene rings is 1. The number of rotatable bonds is 9. The normalized spacial score (nSPS) is 17.5. The quantitative estimate of drug-likeness (QED) is 0.347. The Labute approximate surface area is 201 Å². The standard InChI is InChI=1S/C24H28N4O5S/c1-30-19-15-34-20(10-4-5-11-27-12-6-7-13-27)21(19)22(28-23(25)26-32-24(29)33-28)18-14-16-8-2-3-9-17(16)31-18/h2-3,8-9,14-15,22H,4-7,10-13H2,1H3,(H2,25,26). The van der Waals surface area contributed by atoms with E-state index in [4.69, 9.17) is 19.7 Å². The van der Waals surface area contributed by atoms with Crippen LogP contribution in [0.1, 0.15) is 47.9 Å². The predicted octanol–water partition coefficient (Wildman–Crippen LogP) is 4.62. The maximum absolute atomic E-state index is 12.0. The monoisotopic (exact) mass is 484 g/mol. The third kappa shape index (κ3) is 4.55. The lowest BCUT2D eigenvalue weighted by Crippen LogP contribution is -2.45. The van der Waals surface area contributed by atoms with Crippen molar-refractivity contribution in [2.75, 3.05) is 26.7 Å². The number of para-hydroxylation sites is 1. The minimum atomic E-state index is -0.961. The number of nitrogens with two attached hydrogens (primary N) is 1. The summed E-state index contributed by atoms with van der Waals surface area (Å²) < 4.78 is 11.9. The average molecular weight is 485 g/mol. The fourth-order valence-electron chi connectivity index (χ4n) is 4.62. The van der Waals surface area contributed by atoms with E-state index in [0.29, 0.717) is 11.5 Å². The number of aryl methyl sites for hydroxylation is 1. The van der Waals surface area contributed by atoms with Gasteiger partial charge in [-0.15, -0.1) is 11.3 Å². The van der Waals surface area contributed by atoms with Gasteiger partial charge in [-0.1, -0.05) is 18.2 Å². The van der Waals surface area contributed by atoms with E-state index < -0.39 is 12.2 Å². The molecule has 9 nitrogen and oxygen atoms in total. The lowest BCUT2D eigenvalue weighted by molar-refractivity contribution is -0.116. The number of hydrogen-bond donors (Lipinski definition) is 1. The summed E-state index contributed by atoms with van der Waals surface area (Å²) in [5.41, 5.74) is 7.67. The van der Waals surface area contributed by atoms with Gasteiger partial charge in [0.2, 0.25) is 0 Å². The summed E-state index contributed by atoms with van der Waals surface area (Å²) in [6.07, 6.45) is 4.65. The second kappa shape index (κ2) is 9.94. The summed E-state index contributed by atoms with van der Waals surface area (Å²) in [5, 5.41) is 7.80. The topological polar surface area (TPSA) is 103 Å². The Balaban J connectivity index is 1.49. The van der Waals surface area contributed by atoms with E-state index in [-0.39, 0.29) is 5.96 Å². The van der Waals surface area contributed by atoms with Gasteiger partial charge in [-0.25, -0.2) is 0 Å². The molecule has 2 aliphatic rings. The lowest BCUT2D eigenvalue weighted by Gasteiger charge is -2.30. The summed E-state index contributed by atoms with van der Waals surface area (Å²) in [6, 6.07) is 8.95. The Kier molecular flexibility index (Phi) is 6.59. The third-order valence-corrected chi connectivity index (χ3v) is 7.30. The summed E-state index contributed by atoms with van der Waals surface area (Å²) >= 11 is 1.62. The van der Waals surface area contributed by atoms with E-state index >= 15 is 0 Å². The van der Waals surface area contributed by atoms with Crippen molar-refractivity contribution >= 4 is 34.4 Å². The molecule has 0 saturated carbocycles. The Morgan fingerprint density at radius 3 is 2.85 bits per heavy atom. The largest absolute Gasteiger partial charge is 0.560 e. The number of ether oxygens (including phenoxy) is 1. The van der Waals surface area contributed by atoms with Gasteiger partial charge >= 0.3 is 6.16 Å².